The van der Waals surface area contributed by atoms with Crippen LogP contribution >= 0.6 is 23.4 Å². The number of halogens is 1. The van der Waals surface area contributed by atoms with E-state index in [0.717, 1.165) is 0 Å². The lowest BCUT2D eigenvalue weighted by atomic mass is 10.1. The van der Waals surface area contributed by atoms with Gasteiger partial charge in [0.15, 0.2) is 5.78 Å². The van der Waals surface area contributed by atoms with Gasteiger partial charge in [-0.3, -0.25) is 9.59 Å². The molecule has 0 saturated heterocycles. The van der Waals surface area contributed by atoms with Crippen LogP contribution in [-0.2, 0) is 4.79 Å². The highest BCUT2D eigenvalue weighted by atomic mass is 35.5. The third kappa shape index (κ3) is 4.10. The van der Waals surface area contributed by atoms with Gasteiger partial charge in [0.2, 0.25) is 0 Å². The molecule has 1 N–H and O–H groups in total. The molecule has 17 heavy (non-hydrogen) atoms. The first-order valence-electron chi connectivity index (χ1n) is 4.61. The minimum absolute atomic E-state index is 0.350. The second kappa shape index (κ2) is 6.28. The number of hydrogen-bond acceptors (Lipinski definition) is 4. The van der Waals surface area contributed by atoms with E-state index in [2.05, 4.69) is 0 Å². The van der Waals surface area contributed by atoms with Crippen molar-refractivity contribution in [2.24, 2.45) is 0 Å². The minimum atomic E-state index is -1.11. The van der Waals surface area contributed by atoms with Crippen LogP contribution in [0.1, 0.15) is 16.8 Å². The standard InChI is InChI=1S/C11H8ClNO3S/c12-8-3-1-7(2-4-8)11(16)9(17-6-13)5-10(14)15/h1-4,9H,5H2,(H,14,15). The van der Waals surface area contributed by atoms with E-state index < -0.39 is 11.2 Å². The van der Waals surface area contributed by atoms with Crippen LogP contribution in [0.15, 0.2) is 24.3 Å². The predicted octanol–water partition coefficient (Wildman–Crippen LogP) is 2.58. The molecule has 1 aromatic rings. The molecule has 0 spiro atoms. The van der Waals surface area contributed by atoms with Crippen LogP contribution in [0.5, 0.6) is 0 Å². The Morgan fingerprint density at radius 2 is 2.00 bits per heavy atom. The molecule has 0 amide bonds. The van der Waals surface area contributed by atoms with Gasteiger partial charge >= 0.3 is 5.97 Å². The van der Waals surface area contributed by atoms with Crippen molar-refractivity contribution in [2.45, 2.75) is 11.7 Å². The van der Waals surface area contributed by atoms with Crippen molar-refractivity contribution in [2.75, 3.05) is 0 Å². The zero-order chi connectivity index (χ0) is 12.8. The monoisotopic (exact) mass is 269 g/mol. The second-order valence-electron chi connectivity index (χ2n) is 3.17. The van der Waals surface area contributed by atoms with Crippen molar-refractivity contribution < 1.29 is 14.7 Å². The van der Waals surface area contributed by atoms with Crippen molar-refractivity contribution in [1.29, 1.82) is 5.26 Å². The number of nitrogens with zero attached hydrogens (tertiary/aromatic N) is 1. The van der Waals surface area contributed by atoms with Gasteiger partial charge in [0, 0.05) is 10.6 Å². The van der Waals surface area contributed by atoms with Gasteiger partial charge in [-0.2, -0.15) is 5.26 Å². The lowest BCUT2D eigenvalue weighted by molar-refractivity contribution is -0.136. The van der Waals surface area contributed by atoms with Crippen LogP contribution < -0.4 is 0 Å². The molecular weight excluding hydrogens is 262 g/mol. The molecule has 0 aromatic heterocycles. The molecule has 1 aromatic carbocycles. The van der Waals surface area contributed by atoms with E-state index in [4.69, 9.17) is 22.0 Å². The molecular formula is C11H8ClNO3S. The van der Waals surface area contributed by atoms with Crippen LogP contribution in [0.2, 0.25) is 5.02 Å². The van der Waals surface area contributed by atoms with Crippen molar-refractivity contribution in [1.82, 2.24) is 0 Å². The number of ketones is 1. The fraction of sp³-hybridized carbons (Fsp3) is 0.182. The lowest BCUT2D eigenvalue weighted by Crippen LogP contribution is -2.20. The van der Waals surface area contributed by atoms with Crippen molar-refractivity contribution >= 4 is 35.1 Å². The summed E-state index contributed by atoms with van der Waals surface area (Å²) in [6.07, 6.45) is -0.375. The smallest absolute Gasteiger partial charge is 0.304 e. The number of nitriles is 1. The molecule has 88 valence electrons. The number of aliphatic carboxylic acids is 1. The summed E-state index contributed by atoms with van der Waals surface area (Å²) in [6.45, 7) is 0. The lowest BCUT2D eigenvalue weighted by Gasteiger charge is -2.08. The summed E-state index contributed by atoms with van der Waals surface area (Å²) >= 11 is 6.33. The number of carbonyl (C=O) groups is 2. The molecule has 1 unspecified atom stereocenters. The average Bonchev–Trinajstić information content (AvgIpc) is 2.28. The Hall–Kier alpha value is -1.51. The van der Waals surface area contributed by atoms with Gasteiger partial charge in [0.1, 0.15) is 5.40 Å². The van der Waals surface area contributed by atoms with Gasteiger partial charge in [-0.15, -0.1) is 0 Å². The number of carboxylic acids is 1. The summed E-state index contributed by atoms with van der Waals surface area (Å²) < 4.78 is 0. The first kappa shape index (κ1) is 13.6. The van der Waals surface area contributed by atoms with Gasteiger partial charge < -0.3 is 5.11 Å². The van der Waals surface area contributed by atoms with E-state index >= 15 is 0 Å². The zero-order valence-corrected chi connectivity index (χ0v) is 10.2. The molecule has 0 heterocycles. The largest absolute Gasteiger partial charge is 0.481 e. The number of Topliss-reactive ketones (excluding diaryl/α,β-unsaturated/α-hetero) is 1. The summed E-state index contributed by atoms with van der Waals surface area (Å²) in [5.74, 6) is -1.49. The maximum atomic E-state index is 11.9. The number of thioether (sulfide) groups is 1. The van der Waals surface area contributed by atoms with E-state index in [9.17, 15) is 9.59 Å². The third-order valence-electron chi connectivity index (χ3n) is 1.98. The van der Waals surface area contributed by atoms with Crippen molar-refractivity contribution in [3.63, 3.8) is 0 Å². The SMILES string of the molecule is N#CSC(CC(=O)O)C(=O)c1ccc(Cl)cc1. The van der Waals surface area contributed by atoms with E-state index in [0.29, 0.717) is 22.3 Å². The molecule has 0 bridgehead atoms. The van der Waals surface area contributed by atoms with Crippen LogP contribution in [0.4, 0.5) is 0 Å². The quantitative estimate of drug-likeness (QED) is 0.656. The number of benzene rings is 1. The molecule has 4 nitrogen and oxygen atoms in total. The Labute approximate surface area is 107 Å². The van der Waals surface area contributed by atoms with E-state index in [1.165, 1.54) is 12.1 Å². The third-order valence-corrected chi connectivity index (χ3v) is 3.00. The number of thiocyanates is 1. The number of hydrogen-bond donors (Lipinski definition) is 1. The summed E-state index contributed by atoms with van der Waals surface area (Å²) in [5.41, 5.74) is 0.350. The minimum Gasteiger partial charge on any atom is -0.481 e. The van der Waals surface area contributed by atoms with Gasteiger partial charge in [0.05, 0.1) is 11.7 Å². The van der Waals surface area contributed by atoms with E-state index in [1.54, 1.807) is 17.5 Å². The molecule has 0 aliphatic carbocycles. The molecule has 1 atom stereocenters. The fourth-order valence-electron chi connectivity index (χ4n) is 1.21. The van der Waals surface area contributed by atoms with Crippen molar-refractivity contribution in [3.8, 4) is 5.40 Å². The number of carbonyl (C=O) groups excluding carboxylic acids is 1. The Kier molecular flexibility index (Phi) is 5.01. The Bertz CT molecular complexity index is 467. The maximum absolute atomic E-state index is 11.9. The van der Waals surface area contributed by atoms with Gasteiger partial charge in [0.25, 0.3) is 0 Å². The van der Waals surface area contributed by atoms with Gasteiger partial charge in [-0.25, -0.2) is 0 Å². The Morgan fingerprint density at radius 1 is 1.41 bits per heavy atom. The van der Waals surface area contributed by atoms with E-state index in [1.807, 2.05) is 0 Å². The highest BCUT2D eigenvalue weighted by Gasteiger charge is 2.23. The Balaban J connectivity index is 2.88. The number of carboxylic acid groups (broad SMARTS) is 1. The van der Waals surface area contributed by atoms with Crippen LogP contribution in [0.25, 0.3) is 0 Å². The average molecular weight is 270 g/mol. The van der Waals surface area contributed by atoms with Gasteiger partial charge in [-0.05, 0) is 36.0 Å². The van der Waals surface area contributed by atoms with E-state index in [-0.39, 0.29) is 12.2 Å². The Morgan fingerprint density at radius 3 is 2.47 bits per heavy atom. The normalized spacial score (nSPS) is 11.5. The number of rotatable bonds is 5. The maximum Gasteiger partial charge on any atom is 0.304 e. The topological polar surface area (TPSA) is 78.2 Å². The van der Waals surface area contributed by atoms with Crippen molar-refractivity contribution in [3.05, 3.63) is 34.9 Å². The molecule has 0 saturated carbocycles. The molecule has 0 aliphatic heterocycles. The molecule has 0 aliphatic rings. The molecule has 0 fully saturated rings. The van der Waals surface area contributed by atoms with Crippen LogP contribution in [0.3, 0.4) is 0 Å². The molecule has 6 heteroatoms. The van der Waals surface area contributed by atoms with Crippen LogP contribution in [0, 0.1) is 10.7 Å². The first-order valence-corrected chi connectivity index (χ1v) is 5.86. The fourth-order valence-corrected chi connectivity index (χ4v) is 1.93. The summed E-state index contributed by atoms with van der Waals surface area (Å²) in [5, 5.41) is 18.5. The molecule has 1 rings (SSSR count). The summed E-state index contributed by atoms with van der Waals surface area (Å²) in [6, 6.07) is 6.11. The summed E-state index contributed by atoms with van der Waals surface area (Å²) in [7, 11) is 0. The van der Waals surface area contributed by atoms with Crippen LogP contribution in [-0.4, -0.2) is 22.1 Å². The summed E-state index contributed by atoms with van der Waals surface area (Å²) in [4.78, 5) is 22.5. The first-order chi connectivity index (χ1) is 8.04. The second-order valence-corrected chi connectivity index (χ2v) is 4.59. The molecule has 0 radical (unpaired) electrons. The highest BCUT2D eigenvalue weighted by molar-refractivity contribution is 8.05. The highest BCUT2D eigenvalue weighted by Crippen LogP contribution is 2.20. The zero-order valence-electron chi connectivity index (χ0n) is 8.59. The van der Waals surface area contributed by atoms with Gasteiger partial charge in [-0.1, -0.05) is 11.6 Å². The predicted molar refractivity (Wildman–Crippen MR) is 65.0 cm³/mol.